The maximum absolute atomic E-state index is 6.09. The van der Waals surface area contributed by atoms with Crippen LogP contribution < -0.4 is 5.32 Å². The van der Waals surface area contributed by atoms with Gasteiger partial charge in [-0.15, -0.1) is 10.2 Å². The molecule has 4 nitrogen and oxygen atoms in total. The first-order valence-corrected chi connectivity index (χ1v) is 6.37. The van der Waals surface area contributed by atoms with Crippen LogP contribution in [0.4, 0.5) is 0 Å². The fourth-order valence-electron chi connectivity index (χ4n) is 1.65. The molecule has 6 heteroatoms. The van der Waals surface area contributed by atoms with Gasteiger partial charge < -0.3 is 9.73 Å². The van der Waals surface area contributed by atoms with E-state index in [9.17, 15) is 0 Å². The molecular weight excluding hydrogens is 273 g/mol. The van der Waals surface area contributed by atoms with E-state index in [1.807, 2.05) is 14.0 Å². The summed E-state index contributed by atoms with van der Waals surface area (Å²) in [6, 6.07) is 5.18. The zero-order valence-electron chi connectivity index (χ0n) is 10.1. The molecule has 0 saturated heterocycles. The Morgan fingerprint density at radius 3 is 2.78 bits per heavy atom. The highest BCUT2D eigenvalue weighted by Crippen LogP contribution is 2.30. The van der Waals surface area contributed by atoms with Crippen molar-refractivity contribution >= 4 is 23.2 Å². The minimum Gasteiger partial charge on any atom is -0.419 e. The second kappa shape index (κ2) is 5.69. The zero-order valence-corrected chi connectivity index (χ0v) is 11.6. The van der Waals surface area contributed by atoms with Crippen molar-refractivity contribution < 1.29 is 4.42 Å². The first-order valence-electron chi connectivity index (χ1n) is 5.61. The molecule has 2 aromatic rings. The van der Waals surface area contributed by atoms with Gasteiger partial charge in [-0.2, -0.15) is 0 Å². The smallest absolute Gasteiger partial charge is 0.249 e. The molecule has 0 saturated carbocycles. The highest BCUT2D eigenvalue weighted by molar-refractivity contribution is 6.35. The van der Waals surface area contributed by atoms with E-state index in [1.165, 1.54) is 0 Å². The summed E-state index contributed by atoms with van der Waals surface area (Å²) in [5.74, 6) is 0.928. The Morgan fingerprint density at radius 1 is 1.33 bits per heavy atom. The molecule has 1 aromatic heterocycles. The molecule has 0 aliphatic rings. The van der Waals surface area contributed by atoms with Crippen LogP contribution >= 0.6 is 23.2 Å². The van der Waals surface area contributed by atoms with Crippen LogP contribution in [0.5, 0.6) is 0 Å². The minimum absolute atomic E-state index is 0.0456. The average Bonchev–Trinajstić information content (AvgIpc) is 2.83. The van der Waals surface area contributed by atoms with Gasteiger partial charge in [-0.05, 0) is 31.7 Å². The van der Waals surface area contributed by atoms with Gasteiger partial charge in [0, 0.05) is 5.02 Å². The quantitative estimate of drug-likeness (QED) is 0.930. The third-order valence-corrected chi connectivity index (χ3v) is 3.22. The molecule has 18 heavy (non-hydrogen) atoms. The molecule has 1 atom stereocenters. The van der Waals surface area contributed by atoms with Crippen LogP contribution in [0.2, 0.25) is 10.0 Å². The molecule has 0 aliphatic heterocycles. The highest BCUT2D eigenvalue weighted by atomic mass is 35.5. The second-order valence-corrected chi connectivity index (χ2v) is 4.66. The monoisotopic (exact) mass is 285 g/mol. The maximum Gasteiger partial charge on any atom is 0.249 e. The van der Waals surface area contributed by atoms with Crippen LogP contribution in [0.3, 0.4) is 0 Å². The molecule has 0 bridgehead atoms. The van der Waals surface area contributed by atoms with Gasteiger partial charge in [-0.3, -0.25) is 0 Å². The largest absolute Gasteiger partial charge is 0.419 e. The molecule has 1 N–H and O–H groups in total. The van der Waals surface area contributed by atoms with Gasteiger partial charge in [0.1, 0.15) is 0 Å². The summed E-state index contributed by atoms with van der Waals surface area (Å²) < 4.78 is 5.62. The van der Waals surface area contributed by atoms with Crippen LogP contribution in [0, 0.1) is 0 Å². The van der Waals surface area contributed by atoms with E-state index >= 15 is 0 Å². The lowest BCUT2D eigenvalue weighted by Crippen LogP contribution is -2.15. The SMILES string of the molecule is CCC(NC)c1nnc(-c2cc(Cl)ccc2Cl)o1. The number of nitrogens with zero attached hydrogens (tertiary/aromatic N) is 2. The van der Waals surface area contributed by atoms with Crippen molar-refractivity contribution in [3.05, 3.63) is 34.1 Å². The van der Waals surface area contributed by atoms with Crippen molar-refractivity contribution in [2.24, 2.45) is 0 Å². The number of hydrogen-bond donors (Lipinski definition) is 1. The molecule has 0 spiro atoms. The average molecular weight is 286 g/mol. The predicted molar refractivity (Wildman–Crippen MR) is 71.8 cm³/mol. The molecule has 0 fully saturated rings. The minimum atomic E-state index is 0.0456. The first kappa shape index (κ1) is 13.3. The molecule has 1 heterocycles. The number of rotatable bonds is 4. The van der Waals surface area contributed by atoms with Crippen molar-refractivity contribution in [1.82, 2.24) is 15.5 Å². The first-order chi connectivity index (χ1) is 8.65. The lowest BCUT2D eigenvalue weighted by atomic mass is 10.2. The van der Waals surface area contributed by atoms with Crippen molar-refractivity contribution in [2.45, 2.75) is 19.4 Å². The van der Waals surface area contributed by atoms with Crippen LogP contribution in [0.15, 0.2) is 22.6 Å². The van der Waals surface area contributed by atoms with E-state index in [4.69, 9.17) is 27.6 Å². The van der Waals surface area contributed by atoms with Crippen molar-refractivity contribution in [2.75, 3.05) is 7.05 Å². The van der Waals surface area contributed by atoms with Crippen molar-refractivity contribution in [3.8, 4) is 11.5 Å². The van der Waals surface area contributed by atoms with E-state index in [2.05, 4.69) is 15.5 Å². The number of benzene rings is 1. The van der Waals surface area contributed by atoms with E-state index < -0.39 is 0 Å². The van der Waals surface area contributed by atoms with Crippen molar-refractivity contribution in [3.63, 3.8) is 0 Å². The maximum atomic E-state index is 6.09. The van der Waals surface area contributed by atoms with E-state index in [-0.39, 0.29) is 6.04 Å². The third-order valence-electron chi connectivity index (χ3n) is 2.65. The summed E-state index contributed by atoms with van der Waals surface area (Å²) in [4.78, 5) is 0. The molecule has 0 radical (unpaired) electrons. The normalized spacial score (nSPS) is 12.7. The Morgan fingerprint density at radius 2 is 2.11 bits per heavy atom. The fourth-order valence-corrected chi connectivity index (χ4v) is 2.02. The van der Waals surface area contributed by atoms with Crippen LogP contribution in [-0.2, 0) is 0 Å². The van der Waals surface area contributed by atoms with Gasteiger partial charge in [0.15, 0.2) is 0 Å². The van der Waals surface area contributed by atoms with Crippen LogP contribution in [0.25, 0.3) is 11.5 Å². The van der Waals surface area contributed by atoms with Gasteiger partial charge in [0.2, 0.25) is 11.8 Å². The summed E-state index contributed by atoms with van der Waals surface area (Å²) in [6.07, 6.45) is 0.863. The Kier molecular flexibility index (Phi) is 4.22. The fraction of sp³-hybridized carbons (Fsp3) is 0.333. The Bertz CT molecular complexity index is 538. The third kappa shape index (κ3) is 2.66. The summed E-state index contributed by atoms with van der Waals surface area (Å²) in [7, 11) is 1.85. The summed E-state index contributed by atoms with van der Waals surface area (Å²) in [5.41, 5.74) is 0.647. The van der Waals surface area contributed by atoms with Gasteiger partial charge >= 0.3 is 0 Å². The Labute approximate surface area is 115 Å². The number of hydrogen-bond acceptors (Lipinski definition) is 4. The van der Waals surface area contributed by atoms with Crippen LogP contribution in [0.1, 0.15) is 25.3 Å². The molecule has 96 valence electrons. The molecule has 1 aromatic carbocycles. The van der Waals surface area contributed by atoms with Crippen LogP contribution in [-0.4, -0.2) is 17.2 Å². The van der Waals surface area contributed by atoms with Gasteiger partial charge in [0.05, 0.1) is 16.6 Å². The lowest BCUT2D eigenvalue weighted by Gasteiger charge is -2.07. The number of halogens is 2. The van der Waals surface area contributed by atoms with Gasteiger partial charge in [-0.1, -0.05) is 30.1 Å². The summed E-state index contributed by atoms with van der Waals surface area (Å²) in [6.45, 7) is 2.04. The second-order valence-electron chi connectivity index (χ2n) is 3.82. The summed E-state index contributed by atoms with van der Waals surface area (Å²) >= 11 is 12.0. The molecule has 0 amide bonds. The van der Waals surface area contributed by atoms with Crippen molar-refractivity contribution in [1.29, 1.82) is 0 Å². The molecule has 2 rings (SSSR count). The highest BCUT2D eigenvalue weighted by Gasteiger charge is 2.17. The number of aromatic nitrogens is 2. The van der Waals surface area contributed by atoms with Gasteiger partial charge in [0.25, 0.3) is 0 Å². The van der Waals surface area contributed by atoms with E-state index in [0.29, 0.717) is 27.4 Å². The Hall–Kier alpha value is -1.10. The van der Waals surface area contributed by atoms with E-state index in [0.717, 1.165) is 6.42 Å². The molecule has 0 aliphatic carbocycles. The molecule has 1 unspecified atom stereocenters. The van der Waals surface area contributed by atoms with Gasteiger partial charge in [-0.25, -0.2) is 0 Å². The van der Waals surface area contributed by atoms with E-state index in [1.54, 1.807) is 18.2 Å². The standard InChI is InChI=1S/C12H13Cl2N3O/c1-3-10(15-2)12-17-16-11(18-12)8-6-7(13)4-5-9(8)14/h4-6,10,15H,3H2,1-2H3. The Balaban J connectivity index is 2.37. The summed E-state index contributed by atoms with van der Waals surface area (Å²) in [5, 5.41) is 12.2. The predicted octanol–water partition coefficient (Wildman–Crippen LogP) is 3.71. The topological polar surface area (TPSA) is 51.0 Å². The number of nitrogens with one attached hydrogen (secondary N) is 1. The lowest BCUT2D eigenvalue weighted by molar-refractivity contribution is 0.415. The molecular formula is C12H13Cl2N3O. The zero-order chi connectivity index (χ0) is 13.1.